The molecule has 0 aromatic heterocycles. The molecule has 0 heterocycles. The Kier molecular flexibility index (Phi) is 4.25. The number of hydrogen-bond acceptors (Lipinski definition) is 0. The van der Waals surface area contributed by atoms with Crippen molar-refractivity contribution in [2.45, 2.75) is 0 Å². The van der Waals surface area contributed by atoms with Crippen molar-refractivity contribution in [1.82, 2.24) is 0 Å². The van der Waals surface area contributed by atoms with E-state index < -0.39 is 0 Å². The molecule has 0 aliphatic heterocycles. The lowest BCUT2D eigenvalue weighted by atomic mass is 9.84. The fourth-order valence-electron chi connectivity index (χ4n) is 5.52. The molecular weight excluding hydrogens is 408 g/mol. The van der Waals surface area contributed by atoms with E-state index in [1.807, 2.05) is 0 Å². The van der Waals surface area contributed by atoms with E-state index in [0.29, 0.717) is 0 Å². The summed E-state index contributed by atoms with van der Waals surface area (Å²) < 4.78 is 0. The summed E-state index contributed by atoms with van der Waals surface area (Å²) in [7, 11) is 0. The van der Waals surface area contributed by atoms with Crippen molar-refractivity contribution in [3.05, 3.63) is 133 Å². The first-order chi connectivity index (χ1) is 16.9. The summed E-state index contributed by atoms with van der Waals surface area (Å²) >= 11 is 0. The average molecular weight is 433 g/mol. The maximum absolute atomic E-state index is 2.33. The van der Waals surface area contributed by atoms with Gasteiger partial charge in [0.15, 0.2) is 0 Å². The van der Waals surface area contributed by atoms with Crippen LogP contribution in [0.5, 0.6) is 0 Å². The van der Waals surface area contributed by atoms with E-state index in [4.69, 9.17) is 0 Å². The fraction of sp³-hybridized carbons (Fsp3) is 0. The Balaban J connectivity index is 0.00000229. The second-order valence-electron chi connectivity index (χ2n) is 8.93. The minimum atomic E-state index is 0. The summed E-state index contributed by atoms with van der Waals surface area (Å²) in [4.78, 5) is 0. The van der Waals surface area contributed by atoms with E-state index in [-0.39, 0.29) is 1.43 Å². The Morgan fingerprint density at radius 3 is 1.50 bits per heavy atom. The lowest BCUT2D eigenvalue weighted by Crippen LogP contribution is -1.91. The first-order valence-electron chi connectivity index (χ1n) is 11.8. The highest BCUT2D eigenvalue weighted by Crippen LogP contribution is 2.45. The van der Waals surface area contributed by atoms with Gasteiger partial charge in [-0.3, -0.25) is 0 Å². The van der Waals surface area contributed by atoms with Gasteiger partial charge < -0.3 is 0 Å². The van der Waals surface area contributed by atoms with Gasteiger partial charge in [-0.1, -0.05) is 127 Å². The van der Waals surface area contributed by atoms with Crippen LogP contribution in [0.15, 0.2) is 133 Å². The minimum Gasteiger partial charge on any atom is -0.0616 e. The SMILES string of the molecule is [HH].c1ccc2cc(-c3c4ccccc4c(-c4cccc5ccccc45)c4ccccc34)ccc2c1. The van der Waals surface area contributed by atoms with E-state index in [0.717, 1.165) is 0 Å². The molecule has 7 rings (SSSR count). The molecule has 0 N–H and O–H groups in total. The highest BCUT2D eigenvalue weighted by Gasteiger charge is 2.17. The first-order valence-corrected chi connectivity index (χ1v) is 11.8. The van der Waals surface area contributed by atoms with Crippen LogP contribution in [0.4, 0.5) is 0 Å². The van der Waals surface area contributed by atoms with Gasteiger partial charge in [0.2, 0.25) is 0 Å². The van der Waals surface area contributed by atoms with Crippen molar-refractivity contribution in [2.75, 3.05) is 0 Å². The largest absolute Gasteiger partial charge is 0.0616 e. The number of fused-ring (bicyclic) bond motifs is 4. The molecule has 7 aromatic carbocycles. The van der Waals surface area contributed by atoms with Crippen LogP contribution in [-0.2, 0) is 0 Å². The topological polar surface area (TPSA) is 0 Å². The molecule has 34 heavy (non-hydrogen) atoms. The van der Waals surface area contributed by atoms with Gasteiger partial charge in [-0.25, -0.2) is 0 Å². The van der Waals surface area contributed by atoms with Crippen LogP contribution in [0.25, 0.3) is 65.3 Å². The van der Waals surface area contributed by atoms with Gasteiger partial charge in [-0.15, -0.1) is 0 Å². The maximum atomic E-state index is 2.33. The normalized spacial score (nSPS) is 11.5. The second-order valence-corrected chi connectivity index (χ2v) is 8.93. The van der Waals surface area contributed by atoms with Crippen LogP contribution in [0.2, 0.25) is 0 Å². The molecule has 0 aliphatic carbocycles. The summed E-state index contributed by atoms with van der Waals surface area (Å²) in [5.41, 5.74) is 5.17. The van der Waals surface area contributed by atoms with Gasteiger partial charge in [-0.2, -0.15) is 0 Å². The molecule has 0 nitrogen and oxygen atoms in total. The summed E-state index contributed by atoms with van der Waals surface area (Å²) in [5, 5.41) is 10.3. The molecule has 0 fully saturated rings. The third-order valence-corrected chi connectivity index (χ3v) is 7.03. The zero-order valence-corrected chi connectivity index (χ0v) is 18.7. The highest BCUT2D eigenvalue weighted by molar-refractivity contribution is 6.23. The van der Waals surface area contributed by atoms with Gasteiger partial charge in [-0.05, 0) is 71.4 Å². The Morgan fingerprint density at radius 2 is 0.824 bits per heavy atom. The van der Waals surface area contributed by atoms with Crippen molar-refractivity contribution in [3.8, 4) is 22.3 Å². The van der Waals surface area contributed by atoms with Crippen LogP contribution in [0.1, 0.15) is 1.43 Å². The summed E-state index contributed by atoms with van der Waals surface area (Å²) in [6.07, 6.45) is 0. The lowest BCUT2D eigenvalue weighted by molar-refractivity contribution is 1.68. The number of hydrogen-bond donors (Lipinski definition) is 0. The Morgan fingerprint density at radius 1 is 0.324 bits per heavy atom. The highest BCUT2D eigenvalue weighted by atomic mass is 14.2. The molecular formula is C34H24. The van der Waals surface area contributed by atoms with Crippen molar-refractivity contribution in [1.29, 1.82) is 0 Å². The maximum Gasteiger partial charge on any atom is 0 e. The van der Waals surface area contributed by atoms with Crippen LogP contribution >= 0.6 is 0 Å². The molecule has 0 radical (unpaired) electrons. The van der Waals surface area contributed by atoms with E-state index in [2.05, 4.69) is 133 Å². The van der Waals surface area contributed by atoms with Gasteiger partial charge in [0.05, 0.1) is 0 Å². The molecule has 0 amide bonds. The van der Waals surface area contributed by atoms with Crippen molar-refractivity contribution < 1.29 is 1.43 Å². The predicted octanol–water partition coefficient (Wildman–Crippen LogP) is 9.88. The zero-order chi connectivity index (χ0) is 22.5. The molecule has 7 aromatic rings. The van der Waals surface area contributed by atoms with Crippen molar-refractivity contribution >= 4 is 43.1 Å². The second kappa shape index (κ2) is 7.57. The van der Waals surface area contributed by atoms with Crippen LogP contribution in [0, 0.1) is 0 Å². The average Bonchev–Trinajstić information content (AvgIpc) is 2.91. The standard InChI is InChI=1S/C34H22.H2/c1-2-12-25-22-26(21-20-23(25)10-1)33-29-15-5-7-17-31(29)34(32-18-8-6-16-30(32)33)28-19-9-13-24-11-3-4-14-27(24)28;/h1-22H;1H. The first kappa shape index (κ1) is 19.1. The molecule has 0 atom stereocenters. The summed E-state index contributed by atoms with van der Waals surface area (Å²) in [5.74, 6) is 0. The quantitative estimate of drug-likeness (QED) is 0.238. The third kappa shape index (κ3) is 2.86. The molecule has 160 valence electrons. The number of benzene rings is 7. The Bertz CT molecular complexity index is 1800. The lowest BCUT2D eigenvalue weighted by Gasteiger charge is -2.19. The zero-order valence-electron chi connectivity index (χ0n) is 18.7. The monoisotopic (exact) mass is 432 g/mol. The molecule has 0 bridgehead atoms. The molecule has 0 aliphatic rings. The van der Waals surface area contributed by atoms with E-state index in [1.165, 1.54) is 65.3 Å². The summed E-state index contributed by atoms with van der Waals surface area (Å²) in [6, 6.07) is 48.6. The molecule has 0 heteroatoms. The van der Waals surface area contributed by atoms with Crippen LogP contribution in [-0.4, -0.2) is 0 Å². The van der Waals surface area contributed by atoms with Gasteiger partial charge >= 0.3 is 0 Å². The van der Waals surface area contributed by atoms with Gasteiger partial charge in [0.25, 0.3) is 0 Å². The molecule has 0 spiro atoms. The van der Waals surface area contributed by atoms with E-state index >= 15 is 0 Å². The fourth-order valence-corrected chi connectivity index (χ4v) is 5.52. The Labute approximate surface area is 200 Å². The molecule has 0 saturated carbocycles. The predicted molar refractivity (Wildman–Crippen MR) is 149 cm³/mol. The Hall–Kier alpha value is -4.42. The van der Waals surface area contributed by atoms with Gasteiger partial charge in [0, 0.05) is 1.43 Å². The molecule has 0 unspecified atom stereocenters. The van der Waals surface area contributed by atoms with E-state index in [9.17, 15) is 0 Å². The van der Waals surface area contributed by atoms with Crippen LogP contribution < -0.4 is 0 Å². The van der Waals surface area contributed by atoms with Crippen molar-refractivity contribution in [3.63, 3.8) is 0 Å². The number of rotatable bonds is 2. The third-order valence-electron chi connectivity index (χ3n) is 7.03. The van der Waals surface area contributed by atoms with Crippen molar-refractivity contribution in [2.24, 2.45) is 0 Å². The van der Waals surface area contributed by atoms with Crippen LogP contribution in [0.3, 0.4) is 0 Å². The summed E-state index contributed by atoms with van der Waals surface area (Å²) in [6.45, 7) is 0. The molecule has 0 saturated heterocycles. The smallest absolute Gasteiger partial charge is 0 e. The van der Waals surface area contributed by atoms with Gasteiger partial charge in [0.1, 0.15) is 0 Å². The minimum absolute atomic E-state index is 0. The van der Waals surface area contributed by atoms with E-state index in [1.54, 1.807) is 0 Å².